The van der Waals surface area contributed by atoms with E-state index in [-0.39, 0.29) is 47.7 Å². The summed E-state index contributed by atoms with van der Waals surface area (Å²) in [5, 5.41) is 18.2. The summed E-state index contributed by atoms with van der Waals surface area (Å²) in [5.41, 5.74) is -0.323. The first-order valence-electron chi connectivity index (χ1n) is 19.1. The Morgan fingerprint density at radius 3 is 1.81 bits per heavy atom. The molecule has 0 aromatic rings. The van der Waals surface area contributed by atoms with Crippen LogP contribution in [0.1, 0.15) is 113 Å². The second-order valence-electron chi connectivity index (χ2n) is 14.3. The van der Waals surface area contributed by atoms with E-state index < -0.39 is 24.1 Å². The van der Waals surface area contributed by atoms with Crippen molar-refractivity contribution in [3.05, 3.63) is 25.3 Å². The summed E-state index contributed by atoms with van der Waals surface area (Å²) >= 11 is 1.79. The van der Waals surface area contributed by atoms with E-state index in [0.717, 1.165) is 62.5 Å². The molecule has 3 rings (SSSR count). The van der Waals surface area contributed by atoms with Gasteiger partial charge in [-0.3, -0.25) is 14.4 Å². The molecule has 12 nitrogen and oxygen atoms in total. The maximum Gasteiger partial charge on any atom is 0.330 e. The third-order valence-electron chi connectivity index (χ3n) is 9.65. The van der Waals surface area contributed by atoms with Crippen LogP contribution < -0.4 is 0 Å². The van der Waals surface area contributed by atoms with Crippen molar-refractivity contribution in [3.63, 3.8) is 0 Å². The van der Waals surface area contributed by atoms with Crippen LogP contribution in [0.5, 0.6) is 0 Å². The molecule has 0 bridgehead atoms. The molecule has 13 heteroatoms. The number of ether oxygens (including phenoxy) is 5. The quantitative estimate of drug-likeness (QED) is 0.0511. The molecule has 2 N–H and O–H groups in total. The lowest BCUT2D eigenvalue weighted by molar-refractivity contribution is -0.164. The van der Waals surface area contributed by atoms with Gasteiger partial charge in [-0.2, -0.15) is 11.8 Å². The molecular formula is C40H68O12S. The maximum atomic E-state index is 11.7. The molecule has 2 aliphatic carbocycles. The molecule has 1 heterocycles. The van der Waals surface area contributed by atoms with Crippen molar-refractivity contribution >= 4 is 41.6 Å². The average Bonchev–Trinajstić information content (AvgIpc) is 3.94. The number of aliphatic carboxylic acids is 1. The van der Waals surface area contributed by atoms with Crippen molar-refractivity contribution in [2.75, 3.05) is 31.3 Å². The zero-order valence-corrected chi connectivity index (χ0v) is 34.3. The highest BCUT2D eigenvalue weighted by molar-refractivity contribution is 7.99. The van der Waals surface area contributed by atoms with Crippen molar-refractivity contribution in [3.8, 4) is 0 Å². The number of epoxide rings is 1. The molecule has 3 aliphatic rings. The largest absolute Gasteiger partial charge is 0.481 e. The Labute approximate surface area is 322 Å². The van der Waals surface area contributed by atoms with E-state index in [2.05, 4.69) is 20.1 Å². The number of thioether (sulfide) groups is 1. The molecule has 0 amide bonds. The fraction of sp³-hybridized carbons (Fsp3) is 0.775. The minimum atomic E-state index is -0.706. The monoisotopic (exact) mass is 772 g/mol. The Balaban J connectivity index is 0.000000721. The predicted octanol–water partition coefficient (Wildman–Crippen LogP) is 6.95. The van der Waals surface area contributed by atoms with E-state index in [1.165, 1.54) is 6.08 Å². The number of fused-ring (bicyclic) bond motifs is 1. The van der Waals surface area contributed by atoms with Crippen molar-refractivity contribution in [1.29, 1.82) is 0 Å². The lowest BCUT2D eigenvalue weighted by Crippen LogP contribution is -2.39. The molecule has 2 saturated carbocycles. The number of carboxylic acid groups (broad SMARTS) is 1. The van der Waals surface area contributed by atoms with Crippen LogP contribution in [0, 0.1) is 29.1 Å². The minimum Gasteiger partial charge on any atom is -0.481 e. The standard InChI is InChI=1S/C15H24O5.C10H14O3.C10H20O2S.C5H10O2/c1-4-10(3)15(18)20-13-7-6-11(8-12(13)16)9-19-14(17)5-2;1-2-10(11)12-6-7-3-4-8-9(5-7)13-8;1-5-10(3,4)9(11)12-7-8-13-6-2;1-3-4(2)5(6)7/h5,10-13,16H,2,4,6-9H2,1,3H3;2,7-9H,1,3-6H2;5-8H2,1-4H3;4H,3H2,1-2H3,(H,6,7). The van der Waals surface area contributed by atoms with Gasteiger partial charge in [0.15, 0.2) is 0 Å². The molecule has 0 aromatic heterocycles. The van der Waals surface area contributed by atoms with Crippen molar-refractivity contribution in [2.45, 2.75) is 138 Å². The first-order valence-corrected chi connectivity index (χ1v) is 20.2. The third-order valence-corrected chi connectivity index (χ3v) is 10.5. The van der Waals surface area contributed by atoms with Gasteiger partial charge in [0.25, 0.3) is 0 Å². The molecule has 1 saturated heterocycles. The summed E-state index contributed by atoms with van der Waals surface area (Å²) in [7, 11) is 0. The topological polar surface area (TPSA) is 175 Å². The van der Waals surface area contributed by atoms with E-state index in [1.807, 2.05) is 41.5 Å². The Morgan fingerprint density at radius 2 is 1.38 bits per heavy atom. The van der Waals surface area contributed by atoms with Crippen molar-refractivity contribution in [1.82, 2.24) is 0 Å². The molecule has 8 atom stereocenters. The molecular weight excluding hydrogens is 704 g/mol. The second kappa shape index (κ2) is 27.6. The highest BCUT2D eigenvalue weighted by atomic mass is 32.2. The van der Waals surface area contributed by atoms with Crippen LogP contribution in [0.15, 0.2) is 25.3 Å². The molecule has 0 aromatic carbocycles. The molecule has 8 unspecified atom stereocenters. The molecule has 53 heavy (non-hydrogen) atoms. The van der Waals surface area contributed by atoms with Gasteiger partial charge in [0.05, 0.1) is 48.8 Å². The number of rotatable bonds is 17. The van der Waals surface area contributed by atoms with Crippen LogP contribution in [0.2, 0.25) is 0 Å². The fourth-order valence-electron chi connectivity index (χ4n) is 4.93. The minimum absolute atomic E-state index is 0.0771. The highest BCUT2D eigenvalue weighted by Crippen LogP contribution is 2.39. The van der Waals surface area contributed by atoms with Crippen LogP contribution in [0.25, 0.3) is 0 Å². The van der Waals surface area contributed by atoms with Gasteiger partial charge in [-0.15, -0.1) is 0 Å². The van der Waals surface area contributed by atoms with E-state index in [9.17, 15) is 29.1 Å². The lowest BCUT2D eigenvalue weighted by Gasteiger charge is -2.32. The Morgan fingerprint density at radius 1 is 0.830 bits per heavy atom. The number of esters is 4. The Hall–Kier alpha value is -2.90. The van der Waals surface area contributed by atoms with Gasteiger partial charge in [0, 0.05) is 17.9 Å². The van der Waals surface area contributed by atoms with Crippen LogP contribution >= 0.6 is 11.8 Å². The van der Waals surface area contributed by atoms with Gasteiger partial charge in [0.1, 0.15) is 12.7 Å². The van der Waals surface area contributed by atoms with Crippen LogP contribution in [-0.4, -0.2) is 95.8 Å². The van der Waals surface area contributed by atoms with E-state index >= 15 is 0 Å². The zero-order valence-electron chi connectivity index (χ0n) is 33.5. The third kappa shape index (κ3) is 22.2. The summed E-state index contributed by atoms with van der Waals surface area (Å²) in [6.07, 6.45) is 9.57. The van der Waals surface area contributed by atoms with Gasteiger partial charge >= 0.3 is 29.8 Å². The highest BCUT2D eigenvalue weighted by Gasteiger charge is 2.44. The number of hydrogen-bond acceptors (Lipinski definition) is 12. The second-order valence-corrected chi connectivity index (χ2v) is 15.7. The SMILES string of the molecule is C=CC(=O)OCC1CCC(OC(=O)C(C)CC)C(O)C1.C=CC(=O)OCC1CCC2OC2C1.CCC(C)C(=O)O.CCSCCOC(=O)C(C)(C)CC. The van der Waals surface area contributed by atoms with Crippen molar-refractivity contribution < 1.29 is 57.9 Å². The van der Waals surface area contributed by atoms with Gasteiger partial charge in [-0.1, -0.05) is 54.7 Å². The number of aliphatic hydroxyl groups excluding tert-OH is 1. The average molecular weight is 773 g/mol. The summed E-state index contributed by atoms with van der Waals surface area (Å²) in [6.45, 7) is 23.2. The number of carbonyl (C=O) groups is 5. The van der Waals surface area contributed by atoms with Gasteiger partial charge in [0.2, 0.25) is 0 Å². The van der Waals surface area contributed by atoms with Crippen LogP contribution in [0.4, 0.5) is 0 Å². The van der Waals surface area contributed by atoms with E-state index in [1.54, 1.807) is 18.7 Å². The smallest absolute Gasteiger partial charge is 0.330 e. The van der Waals surface area contributed by atoms with Crippen LogP contribution in [0.3, 0.4) is 0 Å². The number of carbonyl (C=O) groups excluding carboxylic acids is 4. The van der Waals surface area contributed by atoms with E-state index in [0.29, 0.717) is 44.2 Å². The number of aliphatic hydroxyl groups is 1. The first kappa shape index (κ1) is 50.1. The lowest BCUT2D eigenvalue weighted by atomic mass is 9.85. The summed E-state index contributed by atoms with van der Waals surface area (Å²) in [6, 6.07) is 0. The normalized spacial score (nSPS) is 23.8. The molecule has 3 fully saturated rings. The van der Waals surface area contributed by atoms with E-state index in [4.69, 9.17) is 28.8 Å². The van der Waals surface area contributed by atoms with Crippen LogP contribution in [-0.2, 0) is 47.7 Å². The molecule has 1 aliphatic heterocycles. The van der Waals surface area contributed by atoms with Gasteiger partial charge in [-0.25, -0.2) is 9.59 Å². The zero-order chi connectivity index (χ0) is 40.6. The van der Waals surface area contributed by atoms with Gasteiger partial charge < -0.3 is 33.9 Å². The Bertz CT molecular complexity index is 1130. The molecule has 306 valence electrons. The number of carboxylic acids is 1. The first-order chi connectivity index (χ1) is 25.0. The maximum absolute atomic E-state index is 11.7. The number of hydrogen-bond donors (Lipinski definition) is 2. The molecule has 0 spiro atoms. The van der Waals surface area contributed by atoms with Gasteiger partial charge in [-0.05, 0) is 89.2 Å². The predicted molar refractivity (Wildman–Crippen MR) is 206 cm³/mol. The fourth-order valence-corrected chi connectivity index (χ4v) is 5.42. The summed E-state index contributed by atoms with van der Waals surface area (Å²) in [4.78, 5) is 54.8. The van der Waals surface area contributed by atoms with Crippen molar-refractivity contribution in [2.24, 2.45) is 29.1 Å². The summed E-state index contributed by atoms with van der Waals surface area (Å²) in [5.74, 6) is 0.441. The molecule has 0 radical (unpaired) electrons. The Kier molecular flexibility index (Phi) is 26.1. The summed E-state index contributed by atoms with van der Waals surface area (Å²) < 4.78 is 25.8.